The van der Waals surface area contributed by atoms with Gasteiger partial charge in [0.05, 0.1) is 11.7 Å². The molecule has 1 aromatic carbocycles. The van der Waals surface area contributed by atoms with Crippen molar-refractivity contribution < 1.29 is 4.79 Å². The van der Waals surface area contributed by atoms with Gasteiger partial charge in [-0.25, -0.2) is 4.79 Å². The zero-order valence-electron chi connectivity index (χ0n) is 13.6. The summed E-state index contributed by atoms with van der Waals surface area (Å²) in [7, 11) is 0. The molecule has 1 N–H and O–H groups in total. The number of benzene rings is 1. The van der Waals surface area contributed by atoms with E-state index in [0.717, 1.165) is 30.0 Å². The van der Waals surface area contributed by atoms with Gasteiger partial charge in [0.2, 0.25) is 0 Å². The molecule has 2 aliphatic heterocycles. The predicted octanol–water partition coefficient (Wildman–Crippen LogP) is 4.40. The molecule has 1 fully saturated rings. The number of carbonyl (C=O) groups is 1. The van der Waals surface area contributed by atoms with Crippen LogP contribution in [0.2, 0.25) is 0 Å². The van der Waals surface area contributed by atoms with Gasteiger partial charge in [0, 0.05) is 22.7 Å². The third-order valence-electron chi connectivity index (χ3n) is 4.86. The minimum absolute atomic E-state index is 0.0838. The van der Waals surface area contributed by atoms with Gasteiger partial charge in [-0.3, -0.25) is 9.80 Å². The van der Waals surface area contributed by atoms with E-state index in [1.165, 1.54) is 17.7 Å². The topological polar surface area (TPSA) is 35.6 Å². The smallest absolute Gasteiger partial charge is 0.307 e. The highest BCUT2D eigenvalue weighted by atomic mass is 32.1. The van der Waals surface area contributed by atoms with E-state index in [1.54, 1.807) is 16.2 Å². The molecular formula is C19H21N3OS. The van der Waals surface area contributed by atoms with Crippen LogP contribution in [0.3, 0.4) is 0 Å². The van der Waals surface area contributed by atoms with Crippen LogP contribution in [0.15, 0.2) is 48.4 Å². The number of urea groups is 1. The van der Waals surface area contributed by atoms with Crippen LogP contribution in [0.4, 0.5) is 10.5 Å². The van der Waals surface area contributed by atoms with Crippen LogP contribution in [0.25, 0.3) is 5.70 Å². The predicted molar refractivity (Wildman–Crippen MR) is 99.1 cm³/mol. The second-order valence-electron chi connectivity index (χ2n) is 6.31. The van der Waals surface area contributed by atoms with E-state index in [4.69, 9.17) is 0 Å². The Morgan fingerprint density at radius 2 is 1.96 bits per heavy atom. The highest BCUT2D eigenvalue weighted by Crippen LogP contribution is 2.35. The maximum atomic E-state index is 12.6. The number of fused-ring (bicyclic) bond motifs is 1. The molecule has 124 valence electrons. The molecule has 0 spiro atoms. The number of thiophene rings is 1. The van der Waals surface area contributed by atoms with E-state index < -0.39 is 0 Å². The molecule has 1 unspecified atom stereocenters. The van der Waals surface area contributed by atoms with Crippen LogP contribution >= 0.6 is 11.3 Å². The van der Waals surface area contributed by atoms with E-state index >= 15 is 0 Å². The lowest BCUT2D eigenvalue weighted by Gasteiger charge is -2.36. The van der Waals surface area contributed by atoms with Crippen molar-refractivity contribution >= 4 is 28.8 Å². The summed E-state index contributed by atoms with van der Waals surface area (Å²) < 4.78 is 0. The maximum absolute atomic E-state index is 12.6. The Labute approximate surface area is 146 Å². The largest absolute Gasteiger partial charge is 0.326 e. The van der Waals surface area contributed by atoms with Crippen LogP contribution in [0.1, 0.15) is 29.3 Å². The maximum Gasteiger partial charge on any atom is 0.326 e. The van der Waals surface area contributed by atoms with Crippen molar-refractivity contribution in [3.63, 3.8) is 0 Å². The molecule has 2 aromatic rings. The van der Waals surface area contributed by atoms with Gasteiger partial charge in [0.15, 0.2) is 0 Å². The number of hydrogen-bond donors (Lipinski definition) is 1. The minimum Gasteiger partial charge on any atom is -0.307 e. The Morgan fingerprint density at radius 3 is 2.71 bits per heavy atom. The molecule has 2 aliphatic rings. The van der Waals surface area contributed by atoms with Crippen molar-refractivity contribution in [1.82, 2.24) is 9.80 Å². The first-order valence-corrected chi connectivity index (χ1v) is 9.26. The summed E-state index contributed by atoms with van der Waals surface area (Å²) in [6.45, 7) is 7.03. The number of carbonyl (C=O) groups excluding carboxylic acids is 1. The summed E-state index contributed by atoms with van der Waals surface area (Å²) in [5.41, 5.74) is 2.64. The molecule has 24 heavy (non-hydrogen) atoms. The normalized spacial score (nSPS) is 19.2. The van der Waals surface area contributed by atoms with Crippen molar-refractivity contribution in [2.45, 2.75) is 18.9 Å². The summed E-state index contributed by atoms with van der Waals surface area (Å²) in [5.74, 6) is 0. The second kappa shape index (κ2) is 6.42. The Morgan fingerprint density at radius 1 is 1.17 bits per heavy atom. The molecular weight excluding hydrogens is 318 g/mol. The molecule has 0 radical (unpaired) electrons. The summed E-state index contributed by atoms with van der Waals surface area (Å²) in [6, 6.07) is 12.3. The number of hydrogen-bond acceptors (Lipinski definition) is 3. The number of nitrogens with one attached hydrogen (secondary N) is 1. The van der Waals surface area contributed by atoms with Crippen LogP contribution < -0.4 is 5.32 Å². The molecule has 1 saturated heterocycles. The monoisotopic (exact) mass is 339 g/mol. The Balaban J connectivity index is 1.62. The zero-order valence-corrected chi connectivity index (χ0v) is 14.4. The van der Waals surface area contributed by atoms with Crippen molar-refractivity contribution in [2.75, 3.05) is 25.0 Å². The number of nitrogens with zero attached hydrogens (tertiary/aromatic N) is 2. The Kier molecular flexibility index (Phi) is 4.12. The number of amides is 2. The lowest BCUT2D eigenvalue weighted by molar-refractivity contribution is 0.193. The Hall–Kier alpha value is -2.11. The fourth-order valence-corrected chi connectivity index (χ4v) is 4.43. The first-order valence-electron chi connectivity index (χ1n) is 8.38. The van der Waals surface area contributed by atoms with Gasteiger partial charge in [0.25, 0.3) is 0 Å². The fourth-order valence-electron chi connectivity index (χ4n) is 3.58. The van der Waals surface area contributed by atoms with Crippen molar-refractivity contribution in [3.8, 4) is 0 Å². The van der Waals surface area contributed by atoms with Crippen LogP contribution in [0.5, 0.6) is 0 Å². The van der Waals surface area contributed by atoms with Gasteiger partial charge in [-0.2, -0.15) is 0 Å². The molecule has 1 aromatic heterocycles. The lowest BCUT2D eigenvalue weighted by atomic mass is 10.1. The summed E-state index contributed by atoms with van der Waals surface area (Å²) >= 11 is 1.76. The molecule has 0 aliphatic carbocycles. The highest BCUT2D eigenvalue weighted by Gasteiger charge is 2.32. The number of anilines is 1. The quantitative estimate of drug-likeness (QED) is 0.896. The van der Waals surface area contributed by atoms with Gasteiger partial charge < -0.3 is 5.32 Å². The molecule has 1 atom stereocenters. The minimum atomic E-state index is -0.0838. The first kappa shape index (κ1) is 15.4. The van der Waals surface area contributed by atoms with Crippen molar-refractivity contribution in [2.24, 2.45) is 0 Å². The van der Waals surface area contributed by atoms with Crippen LogP contribution in [-0.2, 0) is 0 Å². The Bertz CT molecular complexity index is 750. The van der Waals surface area contributed by atoms with E-state index in [-0.39, 0.29) is 12.1 Å². The van der Waals surface area contributed by atoms with E-state index in [9.17, 15) is 4.79 Å². The van der Waals surface area contributed by atoms with E-state index in [1.807, 2.05) is 24.3 Å². The molecule has 2 amide bonds. The molecule has 5 heteroatoms. The van der Waals surface area contributed by atoms with Crippen molar-refractivity contribution in [3.05, 3.63) is 58.8 Å². The van der Waals surface area contributed by atoms with E-state index in [2.05, 4.69) is 34.3 Å². The number of likely N-dealkylation sites (tertiary alicyclic amines) is 1. The SMILES string of the molecule is C=C1c2ccccc2NC(=O)N1CC(c1cccs1)N1CCCC1. The van der Waals surface area contributed by atoms with Gasteiger partial charge in [0.1, 0.15) is 0 Å². The van der Waals surface area contributed by atoms with Crippen LogP contribution in [0, 0.1) is 0 Å². The average molecular weight is 339 g/mol. The number of rotatable bonds is 4. The van der Waals surface area contributed by atoms with Gasteiger partial charge >= 0.3 is 6.03 Å². The fraction of sp³-hybridized carbons (Fsp3) is 0.316. The third-order valence-corrected chi connectivity index (χ3v) is 5.83. The third kappa shape index (κ3) is 2.74. The number of para-hydroxylation sites is 1. The first-order chi connectivity index (χ1) is 11.7. The van der Waals surface area contributed by atoms with Gasteiger partial charge in [-0.05, 0) is 43.4 Å². The van der Waals surface area contributed by atoms with E-state index in [0.29, 0.717) is 6.54 Å². The van der Waals surface area contributed by atoms with Crippen LogP contribution in [-0.4, -0.2) is 35.5 Å². The molecule has 4 nitrogen and oxygen atoms in total. The zero-order chi connectivity index (χ0) is 16.5. The molecule has 3 heterocycles. The summed E-state index contributed by atoms with van der Waals surface area (Å²) in [6.07, 6.45) is 2.47. The average Bonchev–Trinajstić information content (AvgIpc) is 3.29. The molecule has 0 bridgehead atoms. The summed E-state index contributed by atoms with van der Waals surface area (Å²) in [4.78, 5) is 18.2. The summed E-state index contributed by atoms with van der Waals surface area (Å²) in [5, 5.41) is 5.10. The van der Waals surface area contributed by atoms with Crippen molar-refractivity contribution in [1.29, 1.82) is 0 Å². The van der Waals surface area contributed by atoms with Gasteiger partial charge in [-0.1, -0.05) is 30.8 Å². The molecule has 0 saturated carbocycles. The van der Waals surface area contributed by atoms with Gasteiger partial charge in [-0.15, -0.1) is 11.3 Å². The second-order valence-corrected chi connectivity index (χ2v) is 7.29. The molecule has 4 rings (SSSR count). The highest BCUT2D eigenvalue weighted by molar-refractivity contribution is 7.10. The lowest BCUT2D eigenvalue weighted by Crippen LogP contribution is -2.43. The standard InChI is InChI=1S/C19H21N3OS/c1-14-15-7-2-3-8-16(15)20-19(23)22(14)13-17(18-9-6-12-24-18)21-10-4-5-11-21/h2-3,6-9,12,17H,1,4-5,10-11,13H2,(H,20,23).